The molecule has 0 spiro atoms. The fraction of sp³-hybridized carbons (Fsp3) is 0.150. The fourth-order valence-electron chi connectivity index (χ4n) is 2.69. The highest BCUT2D eigenvalue weighted by molar-refractivity contribution is 9.11. The molecule has 1 N–H and O–H groups in total. The van der Waals surface area contributed by atoms with Crippen LogP contribution in [0, 0.1) is 0 Å². The number of nitrogens with zero attached hydrogens (tertiary/aromatic N) is 1. The van der Waals surface area contributed by atoms with Gasteiger partial charge in [-0.25, -0.2) is 4.79 Å². The smallest absolute Gasteiger partial charge is 0.328 e. The monoisotopic (exact) mass is 490 g/mol. The minimum absolute atomic E-state index is 0.235. The molecule has 0 aliphatic rings. The zero-order valence-electron chi connectivity index (χ0n) is 14.4. The van der Waals surface area contributed by atoms with E-state index in [4.69, 9.17) is 4.74 Å². The molecule has 1 atom stereocenters. The molecule has 0 unspecified atom stereocenters. The zero-order chi connectivity index (χ0) is 19.4. The zero-order valence-corrected chi connectivity index (χ0v) is 17.6. The number of para-hydroxylation sites is 1. The van der Waals surface area contributed by atoms with Gasteiger partial charge in [0.1, 0.15) is 6.04 Å². The van der Waals surface area contributed by atoms with Crippen LogP contribution in [-0.2, 0) is 16.0 Å². The number of hydrogen-bond acceptors (Lipinski definition) is 4. The summed E-state index contributed by atoms with van der Waals surface area (Å²) in [5, 5.41) is 3.75. The Bertz CT molecular complexity index is 987. The average molecular weight is 492 g/mol. The number of benzene rings is 2. The van der Waals surface area contributed by atoms with E-state index < -0.39 is 12.0 Å². The lowest BCUT2D eigenvalue weighted by Gasteiger charge is -2.17. The van der Waals surface area contributed by atoms with Crippen LogP contribution < -0.4 is 5.32 Å². The maximum Gasteiger partial charge on any atom is 0.328 e. The quantitative estimate of drug-likeness (QED) is 0.541. The lowest BCUT2D eigenvalue weighted by atomic mass is 10.1. The Kier molecular flexibility index (Phi) is 6.23. The molecular formula is C20H16Br2N2O3. The van der Waals surface area contributed by atoms with Gasteiger partial charge in [0.25, 0.3) is 5.91 Å². The van der Waals surface area contributed by atoms with Crippen molar-refractivity contribution in [3.63, 3.8) is 0 Å². The highest BCUT2D eigenvalue weighted by Gasteiger charge is 2.23. The molecular weight excluding hydrogens is 476 g/mol. The van der Waals surface area contributed by atoms with Crippen molar-refractivity contribution in [2.75, 3.05) is 7.11 Å². The van der Waals surface area contributed by atoms with E-state index in [0.717, 1.165) is 19.8 Å². The average Bonchev–Trinajstić information content (AvgIpc) is 2.66. The van der Waals surface area contributed by atoms with Gasteiger partial charge in [0.05, 0.1) is 12.6 Å². The minimum Gasteiger partial charge on any atom is -0.467 e. The molecule has 1 heterocycles. The van der Waals surface area contributed by atoms with Gasteiger partial charge in [0.2, 0.25) is 0 Å². The Balaban J connectivity index is 1.82. The van der Waals surface area contributed by atoms with E-state index >= 15 is 0 Å². The molecule has 5 nitrogen and oxygen atoms in total. The second-order valence-corrected chi connectivity index (χ2v) is 7.74. The van der Waals surface area contributed by atoms with E-state index in [9.17, 15) is 9.59 Å². The number of methoxy groups -OCH3 is 1. The molecule has 1 aromatic heterocycles. The lowest BCUT2D eigenvalue weighted by molar-refractivity contribution is -0.142. The molecule has 0 fully saturated rings. The first-order chi connectivity index (χ1) is 13.0. The summed E-state index contributed by atoms with van der Waals surface area (Å²) in [4.78, 5) is 29.4. The summed E-state index contributed by atoms with van der Waals surface area (Å²) in [6.07, 6.45) is 0.235. The number of nitrogens with one attached hydrogen (secondary N) is 1. The predicted molar refractivity (Wildman–Crippen MR) is 111 cm³/mol. The van der Waals surface area contributed by atoms with Gasteiger partial charge in [0, 0.05) is 32.0 Å². The van der Waals surface area contributed by atoms with Crippen molar-refractivity contribution in [3.05, 3.63) is 74.8 Å². The molecule has 3 rings (SSSR count). The summed E-state index contributed by atoms with van der Waals surface area (Å²) in [6, 6.07) is 15.9. The number of halogens is 2. The van der Waals surface area contributed by atoms with Crippen LogP contribution in [0.2, 0.25) is 0 Å². The van der Waals surface area contributed by atoms with Crippen LogP contribution in [0.1, 0.15) is 16.1 Å². The first-order valence-corrected chi connectivity index (χ1v) is 9.74. The van der Waals surface area contributed by atoms with Gasteiger partial charge in [-0.05, 0) is 30.3 Å². The molecule has 1 amide bonds. The third kappa shape index (κ3) is 4.93. The number of hydrogen-bond donors (Lipinski definition) is 1. The molecule has 0 radical (unpaired) electrons. The largest absolute Gasteiger partial charge is 0.467 e. The van der Waals surface area contributed by atoms with Crippen LogP contribution in [0.15, 0.2) is 63.5 Å². The number of pyridine rings is 1. The van der Waals surface area contributed by atoms with Crippen LogP contribution in [0.3, 0.4) is 0 Å². The summed E-state index contributed by atoms with van der Waals surface area (Å²) >= 11 is 6.71. The number of carbonyl (C=O) groups excluding carboxylic acids is 2. The second kappa shape index (κ2) is 8.63. The van der Waals surface area contributed by atoms with Crippen molar-refractivity contribution in [2.24, 2.45) is 0 Å². The first kappa shape index (κ1) is 19.5. The third-order valence-corrected chi connectivity index (χ3v) is 4.90. The van der Waals surface area contributed by atoms with E-state index in [-0.39, 0.29) is 12.3 Å². The van der Waals surface area contributed by atoms with Gasteiger partial charge < -0.3 is 10.1 Å². The molecule has 2 aromatic carbocycles. The molecule has 0 bridgehead atoms. The Morgan fingerprint density at radius 1 is 1.07 bits per heavy atom. The van der Waals surface area contributed by atoms with Crippen molar-refractivity contribution in [1.29, 1.82) is 0 Å². The standard InChI is InChI=1S/C20H16Br2N2O3/c1-27-20(26)18(24-19(25)13-8-14(21)10-15(22)9-13)11-16-7-6-12-4-2-3-5-17(12)23-16/h2-10,18H,11H2,1H3,(H,24,25)/t18-/m0/s1. The lowest BCUT2D eigenvalue weighted by Crippen LogP contribution is -2.43. The summed E-state index contributed by atoms with van der Waals surface area (Å²) < 4.78 is 6.37. The third-order valence-electron chi connectivity index (χ3n) is 3.99. The SMILES string of the molecule is COC(=O)[C@H](Cc1ccc2ccccc2n1)NC(=O)c1cc(Br)cc(Br)c1. The molecule has 0 aliphatic carbocycles. The number of rotatable bonds is 5. The predicted octanol–water partition coefficient (Wildman–Crippen LogP) is 4.27. The first-order valence-electron chi connectivity index (χ1n) is 8.16. The van der Waals surface area contributed by atoms with E-state index in [2.05, 4.69) is 42.2 Å². The van der Waals surface area contributed by atoms with Crippen LogP contribution in [0.25, 0.3) is 10.9 Å². The van der Waals surface area contributed by atoms with E-state index in [1.54, 1.807) is 12.1 Å². The van der Waals surface area contributed by atoms with Crippen molar-refractivity contribution in [2.45, 2.75) is 12.5 Å². The molecule has 0 saturated heterocycles. The second-order valence-electron chi connectivity index (χ2n) is 5.91. The summed E-state index contributed by atoms with van der Waals surface area (Å²) in [7, 11) is 1.30. The van der Waals surface area contributed by atoms with Gasteiger partial charge in [-0.15, -0.1) is 0 Å². The van der Waals surface area contributed by atoms with Gasteiger partial charge in [-0.2, -0.15) is 0 Å². The van der Waals surface area contributed by atoms with E-state index in [1.807, 2.05) is 42.5 Å². The topological polar surface area (TPSA) is 68.3 Å². The number of ether oxygens (including phenoxy) is 1. The summed E-state index contributed by atoms with van der Waals surface area (Å²) in [5.41, 5.74) is 1.96. The van der Waals surface area contributed by atoms with Crippen LogP contribution in [-0.4, -0.2) is 30.0 Å². The summed E-state index contributed by atoms with van der Waals surface area (Å²) in [6.45, 7) is 0. The number of aromatic nitrogens is 1. The van der Waals surface area contributed by atoms with Gasteiger partial charge in [-0.3, -0.25) is 9.78 Å². The summed E-state index contributed by atoms with van der Waals surface area (Å²) in [5.74, 6) is -0.888. The number of fused-ring (bicyclic) bond motifs is 1. The van der Waals surface area contributed by atoms with Crippen molar-refractivity contribution >= 4 is 54.6 Å². The van der Waals surface area contributed by atoms with E-state index in [1.165, 1.54) is 7.11 Å². The van der Waals surface area contributed by atoms with E-state index in [0.29, 0.717) is 11.3 Å². The molecule has 7 heteroatoms. The van der Waals surface area contributed by atoms with Gasteiger partial charge in [0.15, 0.2) is 0 Å². The Hall–Kier alpha value is -2.25. The Morgan fingerprint density at radius 2 is 1.78 bits per heavy atom. The molecule has 0 aliphatic heterocycles. The molecule has 138 valence electrons. The van der Waals surface area contributed by atoms with Crippen molar-refractivity contribution in [1.82, 2.24) is 10.3 Å². The number of amides is 1. The molecule has 0 saturated carbocycles. The van der Waals surface area contributed by atoms with Crippen LogP contribution >= 0.6 is 31.9 Å². The maximum atomic E-state index is 12.6. The van der Waals surface area contributed by atoms with Gasteiger partial charge in [-0.1, -0.05) is 56.1 Å². The maximum absolute atomic E-state index is 12.6. The number of carbonyl (C=O) groups is 2. The Morgan fingerprint density at radius 3 is 2.48 bits per heavy atom. The fourth-order valence-corrected chi connectivity index (χ4v) is 3.99. The minimum atomic E-state index is -0.839. The number of esters is 1. The highest BCUT2D eigenvalue weighted by Crippen LogP contribution is 2.20. The van der Waals surface area contributed by atoms with Crippen LogP contribution in [0.5, 0.6) is 0 Å². The van der Waals surface area contributed by atoms with Crippen molar-refractivity contribution in [3.8, 4) is 0 Å². The highest BCUT2D eigenvalue weighted by atomic mass is 79.9. The van der Waals surface area contributed by atoms with Crippen LogP contribution in [0.4, 0.5) is 0 Å². The van der Waals surface area contributed by atoms with Crippen molar-refractivity contribution < 1.29 is 14.3 Å². The normalized spacial score (nSPS) is 11.8. The molecule has 27 heavy (non-hydrogen) atoms. The Labute approximate surface area is 173 Å². The molecule has 3 aromatic rings. The van der Waals surface area contributed by atoms with Gasteiger partial charge >= 0.3 is 5.97 Å².